The molecule has 0 amide bonds. The molecule has 0 aliphatic carbocycles. The summed E-state index contributed by atoms with van der Waals surface area (Å²) in [4.78, 5) is 22.2. The summed E-state index contributed by atoms with van der Waals surface area (Å²) in [6, 6.07) is 16.5. The number of unbranched alkanes of at least 4 members (excludes halogenated alkanes) is 7. The maximum atomic E-state index is 13.5. The van der Waals surface area contributed by atoms with Gasteiger partial charge in [0.15, 0.2) is 0 Å². The van der Waals surface area contributed by atoms with E-state index in [2.05, 4.69) is 5.32 Å². The van der Waals surface area contributed by atoms with Crippen LogP contribution in [0.4, 0.5) is 18.9 Å². The number of nitrogens with two attached hydrogens (primary N) is 1. The van der Waals surface area contributed by atoms with Crippen molar-refractivity contribution in [2.45, 2.75) is 70.0 Å². The smallest absolute Gasteiger partial charge is 0.426 e. The van der Waals surface area contributed by atoms with Crippen molar-refractivity contribution >= 4 is 28.8 Å². The fourth-order valence-corrected chi connectivity index (χ4v) is 5.50. The minimum atomic E-state index is -4.34. The van der Waals surface area contributed by atoms with Gasteiger partial charge in [0, 0.05) is 22.7 Å². The first-order valence-corrected chi connectivity index (χ1v) is 14.7. The summed E-state index contributed by atoms with van der Waals surface area (Å²) in [5, 5.41) is 11.6. The van der Waals surface area contributed by atoms with Crippen molar-refractivity contribution in [2.75, 3.05) is 18.5 Å². The molecule has 0 saturated carbocycles. The molecule has 1 heterocycles. The van der Waals surface area contributed by atoms with E-state index in [9.17, 15) is 22.8 Å². The van der Waals surface area contributed by atoms with E-state index in [0.29, 0.717) is 24.3 Å². The van der Waals surface area contributed by atoms with Gasteiger partial charge < -0.3 is 20.9 Å². The Morgan fingerprint density at radius 1 is 0.902 bits per heavy atom. The molecule has 0 fully saturated rings. The van der Waals surface area contributed by atoms with Gasteiger partial charge in [-0.2, -0.15) is 13.2 Å². The zero-order valence-corrected chi connectivity index (χ0v) is 23.7. The molecule has 1 atom stereocenters. The lowest BCUT2D eigenvalue weighted by Gasteiger charge is -2.11. The topological polar surface area (TPSA) is 102 Å². The average molecular weight is 591 g/mol. The van der Waals surface area contributed by atoms with E-state index in [-0.39, 0.29) is 12.1 Å². The number of carbonyl (C=O) groups is 2. The Morgan fingerprint density at radius 3 is 2.12 bits per heavy atom. The molecule has 10 heteroatoms. The molecular weight excluding hydrogens is 553 g/mol. The Kier molecular flexibility index (Phi) is 12.7. The first-order chi connectivity index (χ1) is 19.6. The Labute approximate surface area is 242 Å². The van der Waals surface area contributed by atoms with Crippen LogP contribution in [0.1, 0.15) is 61.1 Å². The summed E-state index contributed by atoms with van der Waals surface area (Å²) in [6.45, 7) is 0.634. The van der Waals surface area contributed by atoms with Gasteiger partial charge in [-0.25, -0.2) is 4.79 Å². The number of carboxylic acid groups (broad SMARTS) is 1. The number of aliphatic carboxylic acids is 1. The van der Waals surface area contributed by atoms with Gasteiger partial charge in [0.1, 0.15) is 10.6 Å². The van der Waals surface area contributed by atoms with Crippen LogP contribution in [0.3, 0.4) is 0 Å². The number of alkyl halides is 3. The molecule has 0 aliphatic rings. The number of rotatable bonds is 18. The highest BCUT2D eigenvalue weighted by molar-refractivity contribution is 7.12. The molecule has 6 nitrogen and oxygen atoms in total. The number of carbonyl (C=O) groups excluding carboxylic acids is 1. The minimum Gasteiger partial charge on any atom is -0.494 e. The van der Waals surface area contributed by atoms with Crippen LogP contribution in [-0.2, 0) is 22.2 Å². The van der Waals surface area contributed by atoms with Crippen LogP contribution >= 0.6 is 11.3 Å². The van der Waals surface area contributed by atoms with Crippen LogP contribution in [0.25, 0.3) is 11.1 Å². The van der Waals surface area contributed by atoms with Crippen LogP contribution < -0.4 is 15.8 Å². The molecule has 2 aromatic carbocycles. The first-order valence-electron chi connectivity index (χ1n) is 13.9. The zero-order valence-electron chi connectivity index (χ0n) is 22.9. The molecule has 0 spiro atoms. The van der Waals surface area contributed by atoms with Crippen molar-refractivity contribution < 1.29 is 32.6 Å². The van der Waals surface area contributed by atoms with E-state index >= 15 is 0 Å². The summed E-state index contributed by atoms with van der Waals surface area (Å²) in [7, 11) is 0. The Bertz CT molecular complexity index is 1230. The number of halogens is 3. The highest BCUT2D eigenvalue weighted by Crippen LogP contribution is 2.43. The predicted octanol–water partition coefficient (Wildman–Crippen LogP) is 7.57. The molecule has 41 heavy (non-hydrogen) atoms. The number of anilines is 1. The fraction of sp³-hybridized carbons (Fsp3) is 0.419. The molecule has 1 aromatic heterocycles. The summed E-state index contributed by atoms with van der Waals surface area (Å²) >= 11 is 0.871. The van der Waals surface area contributed by atoms with Gasteiger partial charge in [-0.15, -0.1) is 11.3 Å². The number of thiophene rings is 1. The highest BCUT2D eigenvalue weighted by Gasteiger charge is 2.36. The van der Waals surface area contributed by atoms with Crippen LogP contribution in [0.2, 0.25) is 0 Å². The number of ether oxygens (including phenoxy) is 1. The second-order valence-electron chi connectivity index (χ2n) is 9.93. The van der Waals surface area contributed by atoms with E-state index in [4.69, 9.17) is 15.6 Å². The van der Waals surface area contributed by atoms with Crippen molar-refractivity contribution in [3.63, 3.8) is 0 Å². The summed E-state index contributed by atoms with van der Waals surface area (Å²) in [5.74, 6) is -1.85. The predicted molar refractivity (Wildman–Crippen MR) is 156 cm³/mol. The second-order valence-corrected chi connectivity index (χ2v) is 11.1. The molecule has 4 N–H and O–H groups in total. The van der Waals surface area contributed by atoms with E-state index in [0.717, 1.165) is 73.3 Å². The maximum Gasteiger partial charge on any atom is 0.426 e. The molecule has 0 radical (unpaired) electrons. The second kappa shape index (κ2) is 16.2. The van der Waals surface area contributed by atoms with Crippen molar-refractivity contribution in [3.05, 3.63) is 70.4 Å². The van der Waals surface area contributed by atoms with Crippen LogP contribution in [0, 0.1) is 0 Å². The van der Waals surface area contributed by atoms with Crippen molar-refractivity contribution in [1.82, 2.24) is 0 Å². The van der Waals surface area contributed by atoms with Gasteiger partial charge >= 0.3 is 12.1 Å². The lowest BCUT2D eigenvalue weighted by molar-refractivity contribution is -0.149. The number of nitrogens with one attached hydrogen (secondary N) is 1. The first kappa shape index (κ1) is 32.1. The van der Waals surface area contributed by atoms with E-state index in [1.165, 1.54) is 0 Å². The average Bonchev–Trinajstić information content (AvgIpc) is 3.40. The van der Waals surface area contributed by atoms with E-state index in [1.807, 2.05) is 0 Å². The number of Topliss-reactive ketones (excluding diaryl/α,β-unsaturated/α-hetero) is 1. The van der Waals surface area contributed by atoms with Gasteiger partial charge in [0.2, 0.25) is 0 Å². The van der Waals surface area contributed by atoms with Gasteiger partial charge in [-0.3, -0.25) is 4.79 Å². The van der Waals surface area contributed by atoms with Crippen LogP contribution in [0.5, 0.6) is 5.75 Å². The Morgan fingerprint density at radius 2 is 1.51 bits per heavy atom. The molecule has 3 aromatic rings. The van der Waals surface area contributed by atoms with Crippen molar-refractivity contribution in [2.24, 2.45) is 5.73 Å². The molecular formula is C31H37F3N2O4S. The number of hydrogen-bond acceptors (Lipinski definition) is 6. The van der Waals surface area contributed by atoms with Crippen molar-refractivity contribution in [1.29, 1.82) is 0 Å². The monoisotopic (exact) mass is 590 g/mol. The third-order valence-electron chi connectivity index (χ3n) is 6.64. The Hall–Kier alpha value is -3.37. The number of carboxylic acids is 1. The lowest BCUT2D eigenvalue weighted by Crippen LogP contribution is -2.41. The molecule has 0 unspecified atom stereocenters. The van der Waals surface area contributed by atoms with Gasteiger partial charge in [0.25, 0.3) is 5.78 Å². The SMILES string of the molecule is N[C@@H](CNc1ccc(OCCCCCCCCCCc2cc(-c3ccccc3)c(C(F)(F)F)s2)cc1)C(=O)C(=O)O. The van der Waals surface area contributed by atoms with Gasteiger partial charge in [-0.05, 0) is 55.2 Å². The van der Waals surface area contributed by atoms with Gasteiger partial charge in [-0.1, -0.05) is 68.9 Å². The van der Waals surface area contributed by atoms with Gasteiger partial charge in [0.05, 0.1) is 12.6 Å². The number of benzene rings is 2. The molecule has 3 rings (SSSR count). The standard InChI is InChI=1S/C31H37F3N2O4S/c32-31(33,34)29-26(22-12-8-7-9-13-22)20-25(41-29)14-10-5-3-1-2-4-6-11-19-40-24-17-15-23(16-18-24)36-21-27(35)28(37)30(38)39/h7-9,12-13,15-18,20,27,36H,1-6,10-11,14,19,21,35H2,(H,38,39)/t27-/m0/s1. The number of hydrogen-bond donors (Lipinski definition) is 3. The van der Waals surface area contributed by atoms with Crippen LogP contribution in [-0.4, -0.2) is 36.1 Å². The summed E-state index contributed by atoms with van der Waals surface area (Å²) in [6.07, 6.45) is 4.67. The number of aryl methyl sites for hydroxylation is 1. The number of ketones is 1. The quantitative estimate of drug-likeness (QED) is 0.104. The Balaban J connectivity index is 1.23. The molecule has 0 bridgehead atoms. The minimum absolute atomic E-state index is 0.0262. The fourth-order valence-electron chi connectivity index (χ4n) is 4.41. The molecule has 0 aliphatic heterocycles. The largest absolute Gasteiger partial charge is 0.494 e. The summed E-state index contributed by atoms with van der Waals surface area (Å²) < 4.78 is 46.4. The summed E-state index contributed by atoms with van der Waals surface area (Å²) in [5.41, 5.74) is 7.15. The van der Waals surface area contributed by atoms with E-state index < -0.39 is 28.8 Å². The van der Waals surface area contributed by atoms with E-state index in [1.54, 1.807) is 60.7 Å². The molecule has 222 valence electrons. The van der Waals surface area contributed by atoms with Crippen LogP contribution in [0.15, 0.2) is 60.7 Å². The normalized spacial score (nSPS) is 12.2. The molecule has 0 saturated heterocycles. The highest BCUT2D eigenvalue weighted by atomic mass is 32.1. The van der Waals surface area contributed by atoms with Crippen molar-refractivity contribution in [3.8, 4) is 16.9 Å². The third-order valence-corrected chi connectivity index (χ3v) is 7.88. The third kappa shape index (κ3) is 10.8. The zero-order chi connectivity index (χ0) is 29.7. The maximum absolute atomic E-state index is 13.5. The lowest BCUT2D eigenvalue weighted by atomic mass is 10.0.